The second-order valence-electron chi connectivity index (χ2n) is 6.57. The highest BCUT2D eigenvalue weighted by atomic mass is 16.4. The summed E-state index contributed by atoms with van der Waals surface area (Å²) >= 11 is 0. The molecule has 6 heteroatoms. The smallest absolute Gasteiger partial charge is 0.326 e. The van der Waals surface area contributed by atoms with E-state index in [2.05, 4.69) is 5.32 Å². The van der Waals surface area contributed by atoms with E-state index >= 15 is 0 Å². The number of allylic oxidation sites excluding steroid dienone is 1. The van der Waals surface area contributed by atoms with Crippen LogP contribution in [0.3, 0.4) is 0 Å². The quantitative estimate of drug-likeness (QED) is 0.593. The zero-order valence-electron chi connectivity index (χ0n) is 14.2. The van der Waals surface area contributed by atoms with Crippen LogP contribution < -0.4 is 11.1 Å². The first-order valence-corrected chi connectivity index (χ1v) is 8.20. The Morgan fingerprint density at radius 1 is 1.28 bits per heavy atom. The highest BCUT2D eigenvalue weighted by Crippen LogP contribution is 2.22. The molecule has 0 bridgehead atoms. The molecule has 5 N–H and O–H groups in total. The van der Waals surface area contributed by atoms with Crippen molar-refractivity contribution in [3.8, 4) is 0 Å². The van der Waals surface area contributed by atoms with Gasteiger partial charge in [-0.25, -0.2) is 4.79 Å². The van der Waals surface area contributed by atoms with Gasteiger partial charge in [-0.3, -0.25) is 4.79 Å². The number of carboxylic acids is 1. The fourth-order valence-corrected chi connectivity index (χ4v) is 2.59. The molecule has 0 saturated carbocycles. The third kappa shape index (κ3) is 5.85. The van der Waals surface area contributed by atoms with Gasteiger partial charge >= 0.3 is 5.97 Å². The summed E-state index contributed by atoms with van der Waals surface area (Å²) in [5, 5.41) is 21.7. The summed E-state index contributed by atoms with van der Waals surface area (Å²) < 4.78 is 0. The standard InChI is InChI=1S/C19H24N2O4/c1-19(25)9-7-14(8-10-19)12-16(18(23)24)21-17(22)15(20)11-13-5-3-2-4-6-13/h2-9,15-16,25H,10-12,20H2,1H3,(H,21,22)(H,23,24)/t15-,16-,19?/m0/s1. The molecule has 1 aromatic rings. The van der Waals surface area contributed by atoms with Crippen molar-refractivity contribution in [2.45, 2.75) is 43.9 Å². The molecule has 6 nitrogen and oxygen atoms in total. The minimum atomic E-state index is -1.12. The second kappa shape index (κ2) is 8.09. The number of aliphatic carboxylic acids is 1. The molecule has 1 aromatic carbocycles. The Kier molecular flexibility index (Phi) is 6.12. The fourth-order valence-electron chi connectivity index (χ4n) is 2.59. The molecular formula is C19H24N2O4. The second-order valence-corrected chi connectivity index (χ2v) is 6.57. The van der Waals surface area contributed by atoms with Crippen molar-refractivity contribution < 1.29 is 19.8 Å². The normalized spacial score (nSPS) is 22.0. The minimum Gasteiger partial charge on any atom is -0.480 e. The monoisotopic (exact) mass is 344 g/mol. The number of hydrogen-bond donors (Lipinski definition) is 4. The Labute approximate surface area is 147 Å². The van der Waals surface area contributed by atoms with Gasteiger partial charge in [-0.1, -0.05) is 48.6 Å². The molecule has 0 aliphatic heterocycles. The van der Waals surface area contributed by atoms with E-state index in [1.165, 1.54) is 0 Å². The number of amides is 1. The van der Waals surface area contributed by atoms with Gasteiger partial charge in [0, 0.05) is 6.42 Å². The molecule has 25 heavy (non-hydrogen) atoms. The lowest BCUT2D eigenvalue weighted by molar-refractivity contribution is -0.141. The Morgan fingerprint density at radius 3 is 2.52 bits per heavy atom. The van der Waals surface area contributed by atoms with Crippen LogP contribution in [0.15, 0.2) is 54.1 Å². The largest absolute Gasteiger partial charge is 0.480 e. The molecule has 1 aliphatic rings. The Balaban J connectivity index is 1.94. The van der Waals surface area contributed by atoms with E-state index in [0.717, 1.165) is 11.1 Å². The average molecular weight is 344 g/mol. The average Bonchev–Trinajstić information content (AvgIpc) is 2.56. The number of nitrogens with two attached hydrogens (primary N) is 1. The molecule has 0 aromatic heterocycles. The number of carboxylic acid groups (broad SMARTS) is 1. The summed E-state index contributed by atoms with van der Waals surface area (Å²) in [6.07, 6.45) is 5.99. The third-order valence-electron chi connectivity index (χ3n) is 4.12. The van der Waals surface area contributed by atoms with Crippen LogP contribution in [0.2, 0.25) is 0 Å². The molecule has 0 heterocycles. The molecule has 1 aliphatic carbocycles. The van der Waals surface area contributed by atoms with Crippen molar-refractivity contribution in [1.82, 2.24) is 5.32 Å². The van der Waals surface area contributed by atoms with Gasteiger partial charge in [0.25, 0.3) is 0 Å². The number of aliphatic hydroxyl groups is 1. The van der Waals surface area contributed by atoms with Gasteiger partial charge in [0.2, 0.25) is 5.91 Å². The van der Waals surface area contributed by atoms with Crippen LogP contribution >= 0.6 is 0 Å². The summed E-state index contributed by atoms with van der Waals surface area (Å²) in [5.41, 5.74) is 6.66. The Bertz CT molecular complexity index is 680. The zero-order valence-corrected chi connectivity index (χ0v) is 14.2. The topological polar surface area (TPSA) is 113 Å². The fraction of sp³-hybridized carbons (Fsp3) is 0.368. The van der Waals surface area contributed by atoms with Crippen molar-refractivity contribution in [3.63, 3.8) is 0 Å². The van der Waals surface area contributed by atoms with Gasteiger partial charge in [-0.05, 0) is 30.9 Å². The van der Waals surface area contributed by atoms with Crippen LogP contribution in [0.5, 0.6) is 0 Å². The molecule has 0 spiro atoms. The highest BCUT2D eigenvalue weighted by Gasteiger charge is 2.26. The number of hydrogen-bond acceptors (Lipinski definition) is 4. The van der Waals surface area contributed by atoms with Crippen molar-refractivity contribution in [2.24, 2.45) is 5.73 Å². The van der Waals surface area contributed by atoms with E-state index in [0.29, 0.717) is 12.8 Å². The van der Waals surface area contributed by atoms with Gasteiger partial charge in [0.1, 0.15) is 6.04 Å². The van der Waals surface area contributed by atoms with E-state index < -0.39 is 29.6 Å². The van der Waals surface area contributed by atoms with Crippen LogP contribution in [0.1, 0.15) is 25.3 Å². The molecule has 134 valence electrons. The minimum absolute atomic E-state index is 0.145. The molecule has 1 amide bonds. The molecule has 0 radical (unpaired) electrons. The lowest BCUT2D eigenvalue weighted by atomic mass is 9.91. The lowest BCUT2D eigenvalue weighted by Crippen LogP contribution is -2.49. The van der Waals surface area contributed by atoms with Crippen molar-refractivity contribution in [1.29, 1.82) is 0 Å². The molecule has 2 rings (SSSR count). The van der Waals surface area contributed by atoms with Crippen molar-refractivity contribution in [2.75, 3.05) is 0 Å². The lowest BCUT2D eigenvalue weighted by Gasteiger charge is -2.23. The summed E-state index contributed by atoms with van der Waals surface area (Å²) in [6, 6.07) is 7.44. The summed E-state index contributed by atoms with van der Waals surface area (Å²) in [7, 11) is 0. The van der Waals surface area contributed by atoms with Crippen molar-refractivity contribution >= 4 is 11.9 Å². The van der Waals surface area contributed by atoms with Crippen molar-refractivity contribution in [3.05, 3.63) is 59.7 Å². The maximum Gasteiger partial charge on any atom is 0.326 e. The van der Waals surface area contributed by atoms with Crippen LogP contribution in [-0.2, 0) is 16.0 Å². The van der Waals surface area contributed by atoms with E-state index in [1.807, 2.05) is 30.3 Å². The maximum absolute atomic E-state index is 12.2. The first-order valence-electron chi connectivity index (χ1n) is 8.20. The van der Waals surface area contributed by atoms with Gasteiger partial charge in [-0.15, -0.1) is 0 Å². The highest BCUT2D eigenvalue weighted by molar-refractivity contribution is 5.87. The van der Waals surface area contributed by atoms with Crippen LogP contribution in [0.4, 0.5) is 0 Å². The first kappa shape index (κ1) is 18.9. The summed E-state index contributed by atoms with van der Waals surface area (Å²) in [6.45, 7) is 1.68. The Morgan fingerprint density at radius 2 is 1.96 bits per heavy atom. The molecule has 0 saturated heterocycles. The van der Waals surface area contributed by atoms with E-state index in [1.54, 1.807) is 25.2 Å². The van der Waals surface area contributed by atoms with E-state index in [-0.39, 0.29) is 6.42 Å². The third-order valence-corrected chi connectivity index (χ3v) is 4.12. The van der Waals surface area contributed by atoms with E-state index in [9.17, 15) is 19.8 Å². The van der Waals surface area contributed by atoms with Crippen LogP contribution in [0, 0.1) is 0 Å². The Hall–Kier alpha value is -2.44. The van der Waals surface area contributed by atoms with Gasteiger partial charge in [-0.2, -0.15) is 0 Å². The molecule has 1 unspecified atom stereocenters. The zero-order chi connectivity index (χ0) is 18.4. The van der Waals surface area contributed by atoms with Crippen LogP contribution in [-0.4, -0.2) is 39.8 Å². The predicted molar refractivity (Wildman–Crippen MR) is 94.8 cm³/mol. The maximum atomic E-state index is 12.2. The molecule has 3 atom stereocenters. The van der Waals surface area contributed by atoms with E-state index in [4.69, 9.17) is 5.73 Å². The molecular weight excluding hydrogens is 320 g/mol. The number of carbonyl (C=O) groups excluding carboxylic acids is 1. The number of benzene rings is 1. The SMILES string of the molecule is CC1(O)C=CC(C[C@H](NC(=O)[C@@H](N)Cc2ccccc2)C(=O)O)=CC1. The van der Waals surface area contributed by atoms with Gasteiger partial charge in [0.15, 0.2) is 0 Å². The summed E-state index contributed by atoms with van der Waals surface area (Å²) in [5.74, 6) is -1.62. The van der Waals surface area contributed by atoms with Crippen LogP contribution in [0.25, 0.3) is 0 Å². The number of carbonyl (C=O) groups is 2. The molecule has 0 fully saturated rings. The summed E-state index contributed by atoms with van der Waals surface area (Å²) in [4.78, 5) is 23.7. The first-order chi connectivity index (χ1) is 11.8. The van der Waals surface area contributed by atoms with Gasteiger partial charge < -0.3 is 21.3 Å². The number of rotatable bonds is 7. The predicted octanol–water partition coefficient (Wildman–Crippen LogP) is 1.15. The number of nitrogens with one attached hydrogen (secondary N) is 1. The van der Waals surface area contributed by atoms with Gasteiger partial charge in [0.05, 0.1) is 11.6 Å².